The Balaban J connectivity index is 0.696. The van der Waals surface area contributed by atoms with Crippen molar-refractivity contribution in [1.29, 1.82) is 0 Å². The van der Waals surface area contributed by atoms with Crippen LogP contribution in [-0.2, 0) is 24.0 Å². The third-order valence-electron chi connectivity index (χ3n) is 21.8. The van der Waals surface area contributed by atoms with E-state index >= 15 is 0 Å². The number of rotatable bonds is 19. The van der Waals surface area contributed by atoms with Crippen LogP contribution in [0.5, 0.6) is 11.5 Å². The molecule has 0 fully saturated rings. The topological polar surface area (TPSA) is 24.9 Å². The zero-order chi connectivity index (χ0) is 69.6. The van der Waals surface area contributed by atoms with Gasteiger partial charge < -0.3 is 19.3 Å². The highest BCUT2D eigenvalue weighted by Gasteiger charge is 2.54. The van der Waals surface area contributed by atoms with Gasteiger partial charge in [0.2, 0.25) is 0 Å². The Labute approximate surface area is 609 Å². The van der Waals surface area contributed by atoms with Crippen LogP contribution in [0.25, 0.3) is 56.0 Å². The summed E-state index contributed by atoms with van der Waals surface area (Å²) in [5, 5.41) is 4.84. The van der Waals surface area contributed by atoms with Crippen LogP contribution < -0.4 is 19.3 Å². The van der Waals surface area contributed by atoms with Gasteiger partial charge in [0, 0.05) is 46.0 Å². The van der Waals surface area contributed by atoms with Crippen LogP contribution >= 0.6 is 0 Å². The van der Waals surface area contributed by atoms with Crippen LogP contribution in [0, 0.1) is 5.92 Å². The fourth-order valence-corrected chi connectivity index (χ4v) is 16.8. The Morgan fingerprint density at radius 1 is 0.337 bits per heavy atom. The molecule has 0 heterocycles. The summed E-state index contributed by atoms with van der Waals surface area (Å²) in [5.74, 6) is 1.77. The number of nitrogens with zero attached hydrogens (tertiary/aromatic N) is 2. The molecule has 0 aliphatic heterocycles. The first-order chi connectivity index (χ1) is 51.4. The molecule has 0 bridgehead atoms. The molecule has 0 aromatic heterocycles. The van der Waals surface area contributed by atoms with Gasteiger partial charge in [-0.1, -0.05) is 298 Å². The highest BCUT2D eigenvalue weighted by atomic mass is 16.5. The number of allylic oxidation sites excluding steroid dienone is 3. The number of anilines is 5. The van der Waals surface area contributed by atoms with E-state index in [-0.39, 0.29) is 11.8 Å². The fraction of sp³-hybridized carbons (Fsp3) is 0.0600. The van der Waals surface area contributed by atoms with E-state index in [1.54, 1.807) is 0 Å². The lowest BCUT2D eigenvalue weighted by atomic mass is 9.62. The van der Waals surface area contributed by atoms with Crippen molar-refractivity contribution < 1.29 is 9.47 Å². The van der Waals surface area contributed by atoms with Crippen LogP contribution in [0.2, 0.25) is 0 Å². The van der Waals surface area contributed by atoms with E-state index < -0.39 is 10.8 Å². The van der Waals surface area contributed by atoms with Crippen LogP contribution in [-0.4, -0.2) is 0 Å². The van der Waals surface area contributed by atoms with E-state index in [1.165, 1.54) is 77.2 Å². The summed E-state index contributed by atoms with van der Waals surface area (Å²) < 4.78 is 13.0. The first-order valence-corrected chi connectivity index (χ1v) is 35.9. The molecular weight excluding hydrogens is 1260 g/mol. The molecule has 0 radical (unpaired) electrons. The van der Waals surface area contributed by atoms with Gasteiger partial charge in [0.05, 0.1) is 10.8 Å². The van der Waals surface area contributed by atoms with Crippen molar-refractivity contribution in [3.8, 4) is 33.8 Å². The Bertz CT molecular complexity index is 5770. The molecule has 3 aliphatic rings. The second-order valence-corrected chi connectivity index (χ2v) is 27.5. The van der Waals surface area contributed by atoms with E-state index in [0.29, 0.717) is 13.2 Å². The van der Waals surface area contributed by atoms with Crippen molar-refractivity contribution in [1.82, 2.24) is 0 Å². The molecule has 0 N–H and O–H groups in total. The summed E-state index contributed by atoms with van der Waals surface area (Å²) in [5.41, 5.74) is 24.3. The van der Waals surface area contributed by atoms with E-state index in [9.17, 15) is 0 Å². The molecule has 0 saturated carbocycles. The van der Waals surface area contributed by atoms with Gasteiger partial charge in [-0.15, -0.1) is 0 Å². The zero-order valence-corrected chi connectivity index (χ0v) is 57.6. The molecule has 4 heteroatoms. The third kappa shape index (κ3) is 11.1. The van der Waals surface area contributed by atoms with Crippen molar-refractivity contribution in [2.45, 2.75) is 30.0 Å². The number of para-hydroxylation sites is 2. The molecular formula is C100H74N2O2. The molecule has 496 valence electrons. The molecule has 15 aromatic rings. The fourth-order valence-electron chi connectivity index (χ4n) is 16.8. The monoisotopic (exact) mass is 1330 g/mol. The summed E-state index contributed by atoms with van der Waals surface area (Å²) in [7, 11) is 0. The summed E-state index contributed by atoms with van der Waals surface area (Å²) in [6, 6.07) is 131. The van der Waals surface area contributed by atoms with Crippen molar-refractivity contribution in [3.63, 3.8) is 0 Å². The van der Waals surface area contributed by atoms with Gasteiger partial charge in [0.25, 0.3) is 0 Å². The minimum atomic E-state index is -0.680. The van der Waals surface area contributed by atoms with Gasteiger partial charge >= 0.3 is 0 Å². The normalized spacial score (nSPS) is 16.7. The maximum absolute atomic E-state index is 6.50. The molecule has 0 spiro atoms. The number of ether oxygens (including phenoxy) is 2. The third-order valence-corrected chi connectivity index (χ3v) is 21.8. The van der Waals surface area contributed by atoms with Crippen molar-refractivity contribution in [3.05, 3.63) is 462 Å². The molecule has 0 saturated heterocycles. The standard InChI is InChI=1S/C100H74N2O2/c1-3-69-31-35-71(36-32-69)67-103-89-57-47-79(48-58-89)99(81-45-39-73-19-11-13-21-77(73)63-81)95-29-17-15-27-91(95)93-61-55-87(65-97(93)99)101(83-23-7-5-8-24-83)85-51-41-75(42-52-85)76-43-53-86(54-44-76)102(84-25-9-6-10-26-84)88-56-62-94-92-28-16-18-30-96(92)100(98(94)66-88,82-46-40-74-20-12-14-22-78(74)64-82)80-49-59-90(60-50-80)104-68-72-37-33-70(4-2)34-38-72/h3-66,93,97H,1-2,67-68H2. The molecule has 0 amide bonds. The Morgan fingerprint density at radius 3 is 1.38 bits per heavy atom. The van der Waals surface area contributed by atoms with E-state index in [4.69, 9.17) is 9.47 Å². The minimum absolute atomic E-state index is 0.00630. The molecule has 4 unspecified atom stereocenters. The quantitative estimate of drug-likeness (QED) is 0.0806. The van der Waals surface area contributed by atoms with E-state index in [1.807, 2.05) is 12.2 Å². The Morgan fingerprint density at radius 2 is 0.788 bits per heavy atom. The molecule has 4 atom stereocenters. The van der Waals surface area contributed by atoms with E-state index in [2.05, 4.69) is 399 Å². The lowest BCUT2D eigenvalue weighted by Gasteiger charge is -2.40. The van der Waals surface area contributed by atoms with Gasteiger partial charge in [-0.3, -0.25) is 0 Å². The van der Waals surface area contributed by atoms with Gasteiger partial charge in [0.15, 0.2) is 0 Å². The largest absolute Gasteiger partial charge is 0.489 e. The molecule has 104 heavy (non-hydrogen) atoms. The predicted molar refractivity (Wildman–Crippen MR) is 432 cm³/mol. The first kappa shape index (κ1) is 63.2. The number of hydrogen-bond donors (Lipinski definition) is 0. The smallest absolute Gasteiger partial charge is 0.119 e. The summed E-state index contributed by atoms with van der Waals surface area (Å²) in [6.45, 7) is 8.81. The van der Waals surface area contributed by atoms with Gasteiger partial charge in [-0.05, 0) is 214 Å². The summed E-state index contributed by atoms with van der Waals surface area (Å²) >= 11 is 0. The lowest BCUT2D eigenvalue weighted by molar-refractivity contribution is 0.306. The van der Waals surface area contributed by atoms with Crippen LogP contribution in [0.4, 0.5) is 28.4 Å². The number of benzene rings is 15. The highest BCUT2D eigenvalue weighted by Crippen LogP contribution is 2.62. The lowest BCUT2D eigenvalue weighted by Crippen LogP contribution is -2.36. The molecule has 4 nitrogen and oxygen atoms in total. The predicted octanol–water partition coefficient (Wildman–Crippen LogP) is 25.3. The highest BCUT2D eigenvalue weighted by molar-refractivity contribution is 5.92. The average molecular weight is 1340 g/mol. The van der Waals surface area contributed by atoms with Crippen LogP contribution in [0.1, 0.15) is 72.7 Å². The Kier molecular flexibility index (Phi) is 16.3. The first-order valence-electron chi connectivity index (χ1n) is 35.9. The van der Waals surface area contributed by atoms with Crippen molar-refractivity contribution in [2.24, 2.45) is 5.92 Å². The van der Waals surface area contributed by atoms with E-state index in [0.717, 1.165) is 79.0 Å². The Hall–Kier alpha value is -13.0. The van der Waals surface area contributed by atoms with Crippen LogP contribution in [0.15, 0.2) is 395 Å². The number of fused-ring (bicyclic) bond motifs is 8. The second kappa shape index (κ2) is 26.8. The maximum Gasteiger partial charge on any atom is 0.119 e. The number of hydrogen-bond acceptors (Lipinski definition) is 4. The van der Waals surface area contributed by atoms with Gasteiger partial charge in [0.1, 0.15) is 24.7 Å². The molecule has 18 rings (SSSR count). The summed E-state index contributed by atoms with van der Waals surface area (Å²) in [6.07, 6.45) is 11.1. The SMILES string of the molecule is C=Cc1ccc(COc2ccc(C3(c4ccc5ccccc5c4)c4ccccc4-c4ccc(N(c5ccccc5)c5ccc(-c6ccc(N(C7=CC8C(C=C7)c7ccccc7C8(c7ccc(OCc8ccc(C=C)cc8)cc7)c7ccc8ccccc8c7)c7ccccc7)cc6)cc5)cc43)cc2)cc1. The van der Waals surface area contributed by atoms with Gasteiger partial charge in [-0.25, -0.2) is 0 Å². The van der Waals surface area contributed by atoms with Gasteiger partial charge in [-0.2, -0.15) is 0 Å². The summed E-state index contributed by atoms with van der Waals surface area (Å²) in [4.78, 5) is 4.84. The zero-order valence-electron chi connectivity index (χ0n) is 57.6. The van der Waals surface area contributed by atoms with Crippen molar-refractivity contribution >= 4 is 62.1 Å². The molecule has 15 aromatic carbocycles. The molecule has 3 aliphatic carbocycles. The maximum atomic E-state index is 6.50. The minimum Gasteiger partial charge on any atom is -0.489 e. The second-order valence-electron chi connectivity index (χ2n) is 27.5. The van der Waals surface area contributed by atoms with Crippen LogP contribution in [0.3, 0.4) is 0 Å². The van der Waals surface area contributed by atoms with Crippen molar-refractivity contribution in [2.75, 3.05) is 9.80 Å². The average Bonchev–Trinajstić information content (AvgIpc) is 1.53.